The number of rotatable bonds is 2. The van der Waals surface area contributed by atoms with E-state index in [0.717, 1.165) is 34.7 Å². The predicted octanol–water partition coefficient (Wildman–Crippen LogP) is 32.1. The van der Waals surface area contributed by atoms with Gasteiger partial charge in [0.2, 0.25) is 0 Å². The zero-order valence-electron chi connectivity index (χ0n) is 53.1. The fourth-order valence-electron chi connectivity index (χ4n) is 7.21. The van der Waals surface area contributed by atoms with Crippen LogP contribution in [-0.4, -0.2) is 0 Å². The van der Waals surface area contributed by atoms with Gasteiger partial charge in [-0.05, 0) is 231 Å². The Morgan fingerprint density at radius 3 is 1.24 bits per heavy atom. The van der Waals surface area contributed by atoms with Crippen LogP contribution in [0.5, 0.6) is 0 Å². The molecule has 1 atom stereocenters. The molecule has 7 aromatic heterocycles. The van der Waals surface area contributed by atoms with Gasteiger partial charge in [-0.25, -0.2) is 8.78 Å². The molecule has 0 spiro atoms. The maximum atomic E-state index is 12.8. The fraction of sp³-hybridized carbons (Fsp3) is 0.243. The molecule has 0 N–H and O–H groups in total. The van der Waals surface area contributed by atoms with Crippen LogP contribution < -0.4 is 0 Å². The monoisotopic (exact) mass is 1460 g/mol. The molecule has 0 saturated carbocycles. The van der Waals surface area contributed by atoms with Crippen LogP contribution in [0.1, 0.15) is 129 Å². The van der Waals surface area contributed by atoms with Crippen molar-refractivity contribution in [3.8, 4) is 0 Å². The molecule has 466 valence electrons. The second-order valence-electron chi connectivity index (χ2n) is 16.1. The lowest BCUT2D eigenvalue weighted by molar-refractivity contribution is 0.630. The molecule has 0 aliphatic carbocycles. The SMILES string of the molecule is Brc1ccc2sccc2c1.Brc1cccc2ccsc12.CC.CC.CC.CC.CC.CC.CC.CCC(C)c1ccc2sccc2c1.Clc1ccc2sccc2c1.Clc1cccc2ccsc12.Fc1ccc2sccc2c1.Fc1cccc2ccsc12. The van der Waals surface area contributed by atoms with Crippen molar-refractivity contribution < 1.29 is 8.78 Å². The first-order valence-corrected chi connectivity index (χ1v) is 38.2. The summed E-state index contributed by atoms with van der Waals surface area (Å²) in [6.07, 6.45) is 1.22. The Morgan fingerprint density at radius 2 is 0.747 bits per heavy atom. The van der Waals surface area contributed by atoms with Crippen LogP contribution in [0.2, 0.25) is 10.0 Å². The van der Waals surface area contributed by atoms with Crippen LogP contribution in [0.25, 0.3) is 70.6 Å². The summed E-state index contributed by atoms with van der Waals surface area (Å²) in [6.45, 7) is 32.5. The number of hydrogen-bond donors (Lipinski definition) is 0. The van der Waals surface area contributed by atoms with Crippen LogP contribution in [-0.2, 0) is 0 Å². The van der Waals surface area contributed by atoms with Crippen molar-refractivity contribution in [2.24, 2.45) is 0 Å². The van der Waals surface area contributed by atoms with Crippen LogP contribution in [0.15, 0.2) is 216 Å². The van der Waals surface area contributed by atoms with Crippen molar-refractivity contribution in [3.63, 3.8) is 0 Å². The molecule has 0 radical (unpaired) electrons. The van der Waals surface area contributed by atoms with Gasteiger partial charge in [-0.2, -0.15) is 0 Å². The molecule has 7 aromatic carbocycles. The Hall–Kier alpha value is -4.34. The van der Waals surface area contributed by atoms with E-state index in [4.69, 9.17) is 23.2 Å². The van der Waals surface area contributed by atoms with Gasteiger partial charge in [0.15, 0.2) is 0 Å². The third kappa shape index (κ3) is 27.3. The number of halogens is 6. The second-order valence-corrected chi connectivity index (χ2v) is 25.2. The van der Waals surface area contributed by atoms with E-state index in [2.05, 4.69) is 164 Å². The van der Waals surface area contributed by atoms with Crippen molar-refractivity contribution in [3.05, 3.63) is 244 Å². The Labute approximate surface area is 574 Å². The summed E-state index contributed by atoms with van der Waals surface area (Å²) in [6, 6.07) is 55.7. The highest BCUT2D eigenvalue weighted by Gasteiger charge is 2.04. The van der Waals surface area contributed by atoms with E-state index in [1.165, 1.54) is 90.4 Å². The quantitative estimate of drug-likeness (QED) is 0.162. The van der Waals surface area contributed by atoms with Crippen LogP contribution in [0, 0.1) is 11.6 Å². The third-order valence-electron chi connectivity index (χ3n) is 11.2. The molecule has 0 amide bonds. The second kappa shape index (κ2) is 48.5. The van der Waals surface area contributed by atoms with Gasteiger partial charge in [0.05, 0.1) is 14.4 Å². The van der Waals surface area contributed by atoms with Crippen molar-refractivity contribution in [2.75, 3.05) is 0 Å². The van der Waals surface area contributed by atoms with Crippen molar-refractivity contribution >= 4 is 205 Å². The Morgan fingerprint density at radius 1 is 0.368 bits per heavy atom. The van der Waals surface area contributed by atoms with Gasteiger partial charge in [0.25, 0.3) is 0 Å². The zero-order valence-corrected chi connectivity index (χ0v) is 63.5. The first kappa shape index (κ1) is 80.7. The standard InChI is InChI=1S/C12H14S.2C8H5BrS.2C8H5ClS.2C8H5FS.7C2H6/c1-3-9(2)10-4-5-12-11(8-10)6-7-13-12;9-7-1-2-8-6(5-7)3-4-10-8;9-7-3-1-2-6-4-5-10-8(6)7;9-7-1-2-8-6(5-7)3-4-10-8;9-7-3-1-2-6-4-5-10-8(6)7;9-7-1-2-8-6(5-7)3-4-10-8;9-7-3-1-2-6-4-5-10-8(6)7;7*1-2/h4-9H,3H2,1-2H3;6*1-5H;7*1-2H3. The molecule has 7 heterocycles. The highest BCUT2D eigenvalue weighted by molar-refractivity contribution is 9.11. The normalized spacial score (nSPS) is 9.72. The lowest BCUT2D eigenvalue weighted by Gasteiger charge is -2.08. The van der Waals surface area contributed by atoms with Gasteiger partial charge in [-0.1, -0.05) is 198 Å². The molecule has 0 fully saturated rings. The van der Waals surface area contributed by atoms with E-state index in [1.807, 2.05) is 168 Å². The summed E-state index contributed by atoms with van der Waals surface area (Å²) in [5.74, 6) is 0.405. The van der Waals surface area contributed by atoms with E-state index in [-0.39, 0.29) is 11.6 Å². The van der Waals surface area contributed by atoms with Gasteiger partial charge in [-0.3, -0.25) is 0 Å². The van der Waals surface area contributed by atoms with Gasteiger partial charge >= 0.3 is 0 Å². The van der Waals surface area contributed by atoms with E-state index < -0.39 is 0 Å². The average molecular weight is 1470 g/mol. The smallest absolute Gasteiger partial charge is 0.140 e. The Balaban J connectivity index is 0.000000491. The summed E-state index contributed by atoms with van der Waals surface area (Å²) in [4.78, 5) is 0. The topological polar surface area (TPSA) is 0 Å². The minimum Gasteiger partial charge on any atom is -0.207 e. The summed E-state index contributed by atoms with van der Waals surface area (Å²) in [5.41, 5.74) is 1.47. The molecule has 0 nitrogen and oxygen atoms in total. The number of thiophene rings is 7. The average Bonchev–Trinajstić information content (AvgIpc) is 4.60. The number of fused-ring (bicyclic) bond motifs is 7. The molecule has 0 saturated heterocycles. The van der Waals surface area contributed by atoms with Gasteiger partial charge in [0.1, 0.15) is 11.6 Å². The highest BCUT2D eigenvalue weighted by atomic mass is 79.9. The summed E-state index contributed by atoms with van der Waals surface area (Å²) in [7, 11) is 0. The Bertz CT molecular complexity index is 3610. The molecule has 0 aliphatic heterocycles. The van der Waals surface area contributed by atoms with Crippen LogP contribution in [0.3, 0.4) is 0 Å². The maximum Gasteiger partial charge on any atom is 0.140 e. The van der Waals surface area contributed by atoms with E-state index in [9.17, 15) is 8.78 Å². The molecule has 1 unspecified atom stereocenters. The first-order valence-electron chi connectivity index (χ1n) is 29.7. The first-order chi connectivity index (χ1) is 42.5. The highest BCUT2D eigenvalue weighted by Crippen LogP contribution is 2.31. The largest absolute Gasteiger partial charge is 0.207 e. The van der Waals surface area contributed by atoms with Crippen LogP contribution in [0.4, 0.5) is 8.78 Å². The summed E-state index contributed by atoms with van der Waals surface area (Å²) < 4.78 is 36.1. The predicted molar refractivity (Wildman–Crippen MR) is 416 cm³/mol. The molecular formula is C74H86Br2Cl2F2S7. The molecule has 0 aliphatic rings. The van der Waals surface area contributed by atoms with E-state index in [1.54, 1.807) is 74.9 Å². The van der Waals surface area contributed by atoms with Crippen molar-refractivity contribution in [1.82, 2.24) is 0 Å². The van der Waals surface area contributed by atoms with E-state index in [0.29, 0.717) is 5.92 Å². The van der Waals surface area contributed by atoms with Crippen molar-refractivity contribution in [1.29, 1.82) is 0 Å². The molecule has 0 bridgehead atoms. The van der Waals surface area contributed by atoms with Crippen molar-refractivity contribution in [2.45, 2.75) is 123 Å². The van der Waals surface area contributed by atoms with Gasteiger partial charge in [-0.15, -0.1) is 79.4 Å². The lowest BCUT2D eigenvalue weighted by atomic mass is 9.98. The van der Waals surface area contributed by atoms with Crippen LogP contribution >= 0.6 is 134 Å². The summed E-state index contributed by atoms with van der Waals surface area (Å²) in [5, 5.41) is 24.5. The minimum atomic E-state index is -0.161. The fourth-order valence-corrected chi connectivity index (χ4v) is 14.2. The third-order valence-corrected chi connectivity index (χ3v) is 19.7. The molecule has 87 heavy (non-hydrogen) atoms. The Kier molecular flexibility index (Phi) is 45.0. The maximum absolute atomic E-state index is 12.8. The molecule has 14 aromatic rings. The minimum absolute atomic E-state index is 0.118. The van der Waals surface area contributed by atoms with Gasteiger partial charge in [0, 0.05) is 37.5 Å². The zero-order chi connectivity index (χ0) is 65.1. The van der Waals surface area contributed by atoms with Gasteiger partial charge < -0.3 is 0 Å². The lowest BCUT2D eigenvalue weighted by Crippen LogP contribution is -1.89. The summed E-state index contributed by atoms with van der Waals surface area (Å²) >= 11 is 30.4. The molecule has 13 heteroatoms. The molecular weight excluding hydrogens is 1380 g/mol. The van der Waals surface area contributed by atoms with E-state index >= 15 is 0 Å². The number of hydrogen-bond acceptors (Lipinski definition) is 7. The number of benzene rings is 7. The molecule has 14 rings (SSSR count).